The summed E-state index contributed by atoms with van der Waals surface area (Å²) in [4.78, 5) is 13.0. The molecule has 0 atom stereocenters. The molecule has 0 bridgehead atoms. The first-order chi connectivity index (χ1) is 15.5. The van der Waals surface area contributed by atoms with Gasteiger partial charge in [-0.3, -0.25) is 9.78 Å². The van der Waals surface area contributed by atoms with Crippen LogP contribution in [0.2, 0.25) is 0 Å². The van der Waals surface area contributed by atoms with Gasteiger partial charge in [0.2, 0.25) is 0 Å². The minimum Gasteiger partial charge on any atom is -0.487 e. The maximum Gasteiger partial charge on any atom is 0.290 e. The summed E-state index contributed by atoms with van der Waals surface area (Å²) in [6.45, 7) is 12.9. The van der Waals surface area contributed by atoms with E-state index in [2.05, 4.69) is 75.1 Å². The Bertz CT molecular complexity index is 949. The van der Waals surface area contributed by atoms with Crippen LogP contribution in [0.3, 0.4) is 0 Å². The van der Waals surface area contributed by atoms with Crippen molar-refractivity contribution in [1.82, 2.24) is 4.98 Å². The molecule has 0 aliphatic heterocycles. The molecule has 3 rings (SSSR count). The fourth-order valence-electron chi connectivity index (χ4n) is 3.38. The van der Waals surface area contributed by atoms with Gasteiger partial charge in [0, 0.05) is 6.20 Å². The van der Waals surface area contributed by atoms with Crippen LogP contribution < -0.4 is 4.74 Å². The van der Waals surface area contributed by atoms with Crippen LogP contribution in [0.1, 0.15) is 59.8 Å². The smallest absolute Gasteiger partial charge is 0.290 e. The fraction of sp³-hybridized carbons (Fsp3) is 0.357. The van der Waals surface area contributed by atoms with Crippen LogP contribution in [0, 0.1) is 20.8 Å². The molecule has 0 saturated heterocycles. The molecule has 3 aromatic rings. The third-order valence-electron chi connectivity index (χ3n) is 4.93. The Labute approximate surface area is 193 Å². The van der Waals surface area contributed by atoms with Crippen molar-refractivity contribution >= 4 is 6.47 Å². The van der Waals surface area contributed by atoms with Crippen LogP contribution in [0.4, 0.5) is 0 Å². The molecular weight excluding hydrogens is 398 g/mol. The molecule has 0 saturated carbocycles. The van der Waals surface area contributed by atoms with E-state index in [9.17, 15) is 0 Å². The number of benzene rings is 2. The molecule has 0 spiro atoms. The van der Waals surface area contributed by atoms with Crippen molar-refractivity contribution in [2.75, 3.05) is 0 Å². The van der Waals surface area contributed by atoms with Gasteiger partial charge in [-0.05, 0) is 68.4 Å². The molecule has 0 radical (unpaired) electrons. The van der Waals surface area contributed by atoms with Gasteiger partial charge in [0.1, 0.15) is 12.4 Å². The molecule has 0 fully saturated rings. The SMILES string of the molecule is CC.CCc1cc(C)cc(COc2c(C)ccnc2CCc2ccc(C)cc2)c1.O=CO. The van der Waals surface area contributed by atoms with E-state index < -0.39 is 0 Å². The third kappa shape index (κ3) is 8.93. The maximum atomic E-state index is 8.36. The van der Waals surface area contributed by atoms with E-state index in [1.807, 2.05) is 26.1 Å². The van der Waals surface area contributed by atoms with Gasteiger partial charge in [-0.1, -0.05) is 74.4 Å². The standard InChI is InChI=1S/C25H29NO.C2H6.CH2O2/c1-5-21-14-19(3)15-23(16-21)17-27-25-20(4)12-13-26-24(25)11-10-22-8-6-18(2)7-9-22;1-2;2-1-3/h6-9,12-16H,5,10-11,17H2,1-4H3;1-2H3;1H,(H,2,3). The van der Waals surface area contributed by atoms with Crippen LogP contribution in [-0.4, -0.2) is 16.6 Å². The number of rotatable bonds is 7. The van der Waals surface area contributed by atoms with Crippen molar-refractivity contribution in [1.29, 1.82) is 0 Å². The van der Waals surface area contributed by atoms with Gasteiger partial charge in [0.25, 0.3) is 6.47 Å². The van der Waals surface area contributed by atoms with Crippen molar-refractivity contribution in [3.63, 3.8) is 0 Å². The molecular formula is C28H37NO3. The highest BCUT2D eigenvalue weighted by atomic mass is 16.5. The Kier molecular flexibility index (Phi) is 12.4. The monoisotopic (exact) mass is 435 g/mol. The number of aryl methyl sites for hydroxylation is 6. The zero-order valence-electron chi connectivity index (χ0n) is 20.3. The third-order valence-corrected chi connectivity index (χ3v) is 4.93. The number of ether oxygens (including phenoxy) is 1. The summed E-state index contributed by atoms with van der Waals surface area (Å²) in [6, 6.07) is 17.4. The van der Waals surface area contributed by atoms with Crippen molar-refractivity contribution < 1.29 is 14.6 Å². The fourth-order valence-corrected chi connectivity index (χ4v) is 3.38. The summed E-state index contributed by atoms with van der Waals surface area (Å²) in [5.74, 6) is 0.934. The Hall–Kier alpha value is -3.14. The molecule has 0 aliphatic rings. The van der Waals surface area contributed by atoms with Crippen LogP contribution in [0.15, 0.2) is 54.7 Å². The molecule has 4 heteroatoms. The molecule has 2 aromatic carbocycles. The van der Waals surface area contributed by atoms with Crippen molar-refractivity contribution in [3.05, 3.63) is 93.8 Å². The molecule has 1 N–H and O–H groups in total. The Morgan fingerprint density at radius 1 is 0.875 bits per heavy atom. The van der Waals surface area contributed by atoms with E-state index >= 15 is 0 Å². The highest BCUT2D eigenvalue weighted by Crippen LogP contribution is 2.24. The van der Waals surface area contributed by atoms with E-state index in [1.165, 1.54) is 27.8 Å². The first kappa shape index (κ1) is 26.9. The quantitative estimate of drug-likeness (QED) is 0.422. The zero-order valence-corrected chi connectivity index (χ0v) is 20.3. The van der Waals surface area contributed by atoms with Crippen molar-refractivity contribution in [3.8, 4) is 5.75 Å². The van der Waals surface area contributed by atoms with Gasteiger partial charge in [0.15, 0.2) is 0 Å². The molecule has 0 aliphatic carbocycles. The summed E-state index contributed by atoms with van der Waals surface area (Å²) in [6.07, 6.45) is 4.78. The number of aromatic nitrogens is 1. The number of carboxylic acid groups (broad SMARTS) is 1. The Morgan fingerprint density at radius 3 is 2.12 bits per heavy atom. The van der Waals surface area contributed by atoms with E-state index in [0.29, 0.717) is 6.61 Å². The summed E-state index contributed by atoms with van der Waals surface area (Å²) >= 11 is 0. The average molecular weight is 436 g/mol. The lowest BCUT2D eigenvalue weighted by atomic mass is 10.0. The number of hydrogen-bond acceptors (Lipinski definition) is 3. The van der Waals surface area contributed by atoms with Crippen LogP contribution >= 0.6 is 0 Å². The van der Waals surface area contributed by atoms with Crippen LogP contribution in [0.25, 0.3) is 0 Å². The van der Waals surface area contributed by atoms with Gasteiger partial charge >= 0.3 is 0 Å². The minimum atomic E-state index is -0.250. The lowest BCUT2D eigenvalue weighted by Gasteiger charge is -2.14. The highest BCUT2D eigenvalue weighted by molar-refractivity contribution is 5.37. The molecule has 172 valence electrons. The molecule has 0 amide bonds. The normalized spacial score (nSPS) is 9.69. The number of pyridine rings is 1. The van der Waals surface area contributed by atoms with E-state index in [-0.39, 0.29) is 6.47 Å². The topological polar surface area (TPSA) is 59.4 Å². The van der Waals surface area contributed by atoms with Crippen LogP contribution in [0.5, 0.6) is 5.75 Å². The van der Waals surface area contributed by atoms with Gasteiger partial charge in [-0.2, -0.15) is 0 Å². The first-order valence-corrected chi connectivity index (χ1v) is 11.3. The summed E-state index contributed by atoms with van der Waals surface area (Å²) in [5.41, 5.74) is 8.68. The lowest BCUT2D eigenvalue weighted by molar-refractivity contribution is -0.122. The van der Waals surface area contributed by atoms with E-state index in [0.717, 1.165) is 36.3 Å². The van der Waals surface area contributed by atoms with Crippen molar-refractivity contribution in [2.45, 2.75) is 67.4 Å². The number of nitrogens with zero attached hydrogens (tertiary/aromatic N) is 1. The average Bonchev–Trinajstić information content (AvgIpc) is 2.79. The zero-order chi connectivity index (χ0) is 23.9. The summed E-state index contributed by atoms with van der Waals surface area (Å²) < 4.78 is 6.25. The van der Waals surface area contributed by atoms with Gasteiger partial charge < -0.3 is 9.84 Å². The number of hydrogen-bond donors (Lipinski definition) is 1. The molecule has 32 heavy (non-hydrogen) atoms. The second-order valence-corrected chi connectivity index (χ2v) is 7.46. The molecule has 1 aromatic heterocycles. The van der Waals surface area contributed by atoms with E-state index in [1.54, 1.807) is 0 Å². The van der Waals surface area contributed by atoms with Gasteiger partial charge in [-0.15, -0.1) is 0 Å². The Morgan fingerprint density at radius 2 is 1.50 bits per heavy atom. The lowest BCUT2D eigenvalue weighted by Crippen LogP contribution is -2.04. The van der Waals surface area contributed by atoms with Gasteiger partial charge in [0.05, 0.1) is 5.69 Å². The molecule has 1 heterocycles. The van der Waals surface area contributed by atoms with Gasteiger partial charge in [-0.25, -0.2) is 0 Å². The largest absolute Gasteiger partial charge is 0.487 e. The summed E-state index contributed by atoms with van der Waals surface area (Å²) in [5, 5.41) is 6.89. The number of carbonyl (C=O) groups is 1. The predicted molar refractivity (Wildman–Crippen MR) is 132 cm³/mol. The molecule has 0 unspecified atom stereocenters. The van der Waals surface area contributed by atoms with Crippen molar-refractivity contribution in [2.24, 2.45) is 0 Å². The van der Waals surface area contributed by atoms with E-state index in [4.69, 9.17) is 14.6 Å². The second kappa shape index (κ2) is 14.8. The molecule has 4 nitrogen and oxygen atoms in total. The second-order valence-electron chi connectivity index (χ2n) is 7.46. The highest BCUT2D eigenvalue weighted by Gasteiger charge is 2.10. The minimum absolute atomic E-state index is 0.250. The summed E-state index contributed by atoms with van der Waals surface area (Å²) in [7, 11) is 0. The Balaban J connectivity index is 0.000000944. The first-order valence-electron chi connectivity index (χ1n) is 11.3. The maximum absolute atomic E-state index is 8.36. The van der Waals surface area contributed by atoms with Crippen LogP contribution in [-0.2, 0) is 30.7 Å². The predicted octanol–water partition coefficient (Wildman–Crippen LogP) is 6.66.